The van der Waals surface area contributed by atoms with Gasteiger partial charge in [-0.1, -0.05) is 0 Å². The SMILES string of the molecule is CCNC(=O)CCS(=O)(=O)CC(NC(C)=O)C(=O)O. The van der Waals surface area contributed by atoms with Crippen molar-refractivity contribution in [3.05, 3.63) is 0 Å². The summed E-state index contributed by atoms with van der Waals surface area (Å²) < 4.78 is 23.3. The molecule has 2 amide bonds. The second-order valence-corrected chi connectivity index (χ2v) is 6.14. The number of nitrogens with one attached hydrogen (secondary N) is 2. The number of carbonyl (C=O) groups is 3. The second-order valence-electron chi connectivity index (χ2n) is 3.91. The van der Waals surface area contributed by atoms with Gasteiger partial charge in [0, 0.05) is 19.9 Å². The average Bonchev–Trinajstić information content (AvgIpc) is 2.25. The fourth-order valence-electron chi connectivity index (χ4n) is 1.29. The van der Waals surface area contributed by atoms with Crippen LogP contribution in [0.15, 0.2) is 0 Å². The molecular formula is C10H18N2O6S. The van der Waals surface area contributed by atoms with Gasteiger partial charge in [-0.15, -0.1) is 0 Å². The van der Waals surface area contributed by atoms with E-state index in [1.807, 2.05) is 5.32 Å². The standard InChI is InChI=1S/C10H18N2O6S/c1-3-11-9(14)4-5-19(17,18)6-8(10(15)16)12-7(2)13/h8H,3-6H2,1-2H3,(H,11,14)(H,12,13)(H,15,16). The number of amides is 2. The van der Waals surface area contributed by atoms with Crippen LogP contribution in [0.25, 0.3) is 0 Å². The molecule has 0 aliphatic heterocycles. The van der Waals surface area contributed by atoms with Gasteiger partial charge < -0.3 is 15.7 Å². The van der Waals surface area contributed by atoms with Crippen LogP contribution in [-0.2, 0) is 24.2 Å². The first-order valence-electron chi connectivity index (χ1n) is 5.65. The van der Waals surface area contributed by atoms with Gasteiger partial charge in [0.25, 0.3) is 0 Å². The Morgan fingerprint density at radius 2 is 1.84 bits per heavy atom. The van der Waals surface area contributed by atoms with Crippen LogP contribution in [0, 0.1) is 0 Å². The van der Waals surface area contributed by atoms with Crippen molar-refractivity contribution in [2.75, 3.05) is 18.1 Å². The third-order valence-electron chi connectivity index (χ3n) is 2.11. The lowest BCUT2D eigenvalue weighted by molar-refractivity contribution is -0.140. The first kappa shape index (κ1) is 17.4. The molecule has 0 spiro atoms. The van der Waals surface area contributed by atoms with Gasteiger partial charge in [-0.25, -0.2) is 13.2 Å². The minimum absolute atomic E-state index is 0.234. The van der Waals surface area contributed by atoms with E-state index in [1.54, 1.807) is 6.92 Å². The molecule has 0 fully saturated rings. The van der Waals surface area contributed by atoms with Gasteiger partial charge in [0.2, 0.25) is 11.8 Å². The van der Waals surface area contributed by atoms with Gasteiger partial charge in [0.05, 0.1) is 11.5 Å². The van der Waals surface area contributed by atoms with Gasteiger partial charge in [-0.3, -0.25) is 9.59 Å². The Labute approximate surface area is 111 Å². The lowest BCUT2D eigenvalue weighted by Gasteiger charge is -2.13. The second kappa shape index (κ2) is 7.72. The third-order valence-corrected chi connectivity index (χ3v) is 3.78. The van der Waals surface area contributed by atoms with Gasteiger partial charge in [-0.2, -0.15) is 0 Å². The molecule has 0 saturated carbocycles. The molecule has 1 unspecified atom stereocenters. The Morgan fingerprint density at radius 1 is 1.26 bits per heavy atom. The van der Waals surface area contributed by atoms with E-state index in [1.165, 1.54) is 0 Å². The smallest absolute Gasteiger partial charge is 0.327 e. The lowest BCUT2D eigenvalue weighted by Crippen LogP contribution is -2.45. The summed E-state index contributed by atoms with van der Waals surface area (Å²) in [5.74, 6) is -3.68. The molecular weight excluding hydrogens is 276 g/mol. The highest BCUT2D eigenvalue weighted by Crippen LogP contribution is 1.99. The van der Waals surface area contributed by atoms with E-state index >= 15 is 0 Å². The maximum Gasteiger partial charge on any atom is 0.327 e. The Balaban J connectivity index is 4.51. The van der Waals surface area contributed by atoms with Gasteiger partial charge in [0.15, 0.2) is 9.84 Å². The van der Waals surface area contributed by atoms with E-state index in [9.17, 15) is 22.8 Å². The molecule has 0 aromatic heterocycles. The molecule has 0 saturated heterocycles. The topological polar surface area (TPSA) is 130 Å². The molecule has 0 aromatic carbocycles. The van der Waals surface area contributed by atoms with E-state index < -0.39 is 45.2 Å². The van der Waals surface area contributed by atoms with Crippen molar-refractivity contribution in [1.29, 1.82) is 0 Å². The zero-order valence-electron chi connectivity index (χ0n) is 10.8. The lowest BCUT2D eigenvalue weighted by atomic mass is 10.3. The number of sulfone groups is 1. The molecule has 0 aromatic rings. The van der Waals surface area contributed by atoms with Gasteiger partial charge in [0.1, 0.15) is 6.04 Å². The molecule has 110 valence electrons. The number of carboxylic acids is 1. The van der Waals surface area contributed by atoms with Crippen molar-refractivity contribution in [3.8, 4) is 0 Å². The third kappa shape index (κ3) is 8.14. The van der Waals surface area contributed by atoms with Crippen molar-refractivity contribution < 1.29 is 27.9 Å². The van der Waals surface area contributed by atoms with Gasteiger partial charge in [-0.05, 0) is 6.92 Å². The Hall–Kier alpha value is -1.64. The number of rotatable bonds is 8. The van der Waals surface area contributed by atoms with Crippen LogP contribution in [-0.4, -0.2) is 55.4 Å². The van der Waals surface area contributed by atoms with Crippen LogP contribution < -0.4 is 10.6 Å². The van der Waals surface area contributed by atoms with Gasteiger partial charge >= 0.3 is 5.97 Å². The highest BCUT2D eigenvalue weighted by molar-refractivity contribution is 7.91. The molecule has 0 rings (SSSR count). The molecule has 8 nitrogen and oxygen atoms in total. The number of hydrogen-bond acceptors (Lipinski definition) is 5. The van der Waals surface area contributed by atoms with Crippen LogP contribution in [0.2, 0.25) is 0 Å². The molecule has 0 heterocycles. The van der Waals surface area contributed by atoms with E-state index in [-0.39, 0.29) is 6.42 Å². The minimum atomic E-state index is -3.74. The summed E-state index contributed by atoms with van der Waals surface area (Å²) in [6.45, 7) is 3.18. The van der Waals surface area contributed by atoms with E-state index in [0.717, 1.165) is 6.92 Å². The molecule has 9 heteroatoms. The summed E-state index contributed by atoms with van der Waals surface area (Å²) in [7, 11) is -3.74. The Morgan fingerprint density at radius 3 is 2.26 bits per heavy atom. The average molecular weight is 294 g/mol. The normalized spacial score (nSPS) is 12.5. The summed E-state index contributed by atoms with van der Waals surface area (Å²) in [5.41, 5.74) is 0. The van der Waals surface area contributed by atoms with E-state index in [0.29, 0.717) is 6.54 Å². The van der Waals surface area contributed by atoms with Crippen molar-refractivity contribution >= 4 is 27.6 Å². The van der Waals surface area contributed by atoms with Crippen LogP contribution in [0.4, 0.5) is 0 Å². The molecule has 0 bridgehead atoms. The fraction of sp³-hybridized carbons (Fsp3) is 0.700. The largest absolute Gasteiger partial charge is 0.480 e. The number of hydrogen-bond donors (Lipinski definition) is 3. The maximum atomic E-state index is 11.6. The monoisotopic (exact) mass is 294 g/mol. The molecule has 0 aliphatic rings. The highest BCUT2D eigenvalue weighted by atomic mass is 32.2. The summed E-state index contributed by atoms with van der Waals surface area (Å²) in [6, 6.07) is -1.50. The molecule has 19 heavy (non-hydrogen) atoms. The fourth-order valence-corrected chi connectivity index (χ4v) is 2.69. The Kier molecular flexibility index (Phi) is 7.05. The first-order valence-corrected chi connectivity index (χ1v) is 7.47. The van der Waals surface area contributed by atoms with Crippen LogP contribution in [0.3, 0.4) is 0 Å². The minimum Gasteiger partial charge on any atom is -0.480 e. The summed E-state index contributed by atoms with van der Waals surface area (Å²) in [4.78, 5) is 32.7. The van der Waals surface area contributed by atoms with Crippen molar-refractivity contribution in [2.45, 2.75) is 26.3 Å². The summed E-state index contributed by atoms with van der Waals surface area (Å²) in [6.07, 6.45) is -0.234. The first-order chi connectivity index (χ1) is 8.68. The zero-order chi connectivity index (χ0) is 15.1. The Bertz CT molecular complexity index is 445. The number of carbonyl (C=O) groups excluding carboxylic acids is 2. The summed E-state index contributed by atoms with van der Waals surface area (Å²) in [5, 5.41) is 13.3. The number of carboxylic acid groups (broad SMARTS) is 1. The predicted octanol–water partition coefficient (Wildman–Crippen LogP) is -1.48. The van der Waals surface area contributed by atoms with Crippen molar-refractivity contribution in [2.24, 2.45) is 0 Å². The molecule has 1 atom stereocenters. The summed E-state index contributed by atoms with van der Waals surface area (Å²) >= 11 is 0. The zero-order valence-corrected chi connectivity index (χ0v) is 11.6. The van der Waals surface area contributed by atoms with E-state index in [2.05, 4.69) is 5.32 Å². The van der Waals surface area contributed by atoms with E-state index in [4.69, 9.17) is 5.11 Å². The van der Waals surface area contributed by atoms with Crippen LogP contribution in [0.5, 0.6) is 0 Å². The van der Waals surface area contributed by atoms with Crippen molar-refractivity contribution in [3.63, 3.8) is 0 Å². The number of aliphatic carboxylic acids is 1. The van der Waals surface area contributed by atoms with Crippen LogP contribution >= 0.6 is 0 Å². The quantitative estimate of drug-likeness (QED) is 0.500. The maximum absolute atomic E-state index is 11.6. The molecule has 0 radical (unpaired) electrons. The van der Waals surface area contributed by atoms with Crippen LogP contribution in [0.1, 0.15) is 20.3 Å². The molecule has 3 N–H and O–H groups in total. The highest BCUT2D eigenvalue weighted by Gasteiger charge is 2.26. The molecule has 0 aliphatic carbocycles. The van der Waals surface area contributed by atoms with Crippen molar-refractivity contribution in [1.82, 2.24) is 10.6 Å². The predicted molar refractivity (Wildman–Crippen MR) is 67.2 cm³/mol.